The molecule has 0 saturated heterocycles. The Morgan fingerprint density at radius 1 is 1.32 bits per heavy atom. The van der Waals surface area contributed by atoms with Crippen LogP contribution in [0.4, 0.5) is 14.5 Å². The molecular weight excluding hydrogens is 366 g/mol. The third kappa shape index (κ3) is 3.47. The molecule has 0 unspecified atom stereocenters. The first-order valence-electron chi connectivity index (χ1n) is 9.17. The Balaban J connectivity index is 1.49. The van der Waals surface area contributed by atoms with Gasteiger partial charge in [0.1, 0.15) is 6.54 Å². The topological polar surface area (TPSA) is 88.3 Å². The summed E-state index contributed by atoms with van der Waals surface area (Å²) in [6.45, 7) is 0.130. The zero-order valence-corrected chi connectivity index (χ0v) is 15.1. The monoisotopic (exact) mass is 386 g/mol. The van der Waals surface area contributed by atoms with Gasteiger partial charge in [0.05, 0.1) is 17.9 Å². The fourth-order valence-electron chi connectivity index (χ4n) is 4.00. The summed E-state index contributed by atoms with van der Waals surface area (Å²) in [5, 5.41) is 2.74. The maximum Gasteiger partial charge on any atom is 0.244 e. The Hall–Kier alpha value is -2.87. The molecule has 2 amide bonds. The maximum atomic E-state index is 13.7. The van der Waals surface area contributed by atoms with Gasteiger partial charge in [-0.1, -0.05) is 0 Å². The lowest BCUT2D eigenvalue weighted by Crippen LogP contribution is -2.40. The second-order valence-electron chi connectivity index (χ2n) is 7.27. The smallest absolute Gasteiger partial charge is 0.244 e. The molecule has 3 N–H and O–H groups in total. The van der Waals surface area contributed by atoms with Gasteiger partial charge in [-0.2, -0.15) is 0 Å². The fourth-order valence-corrected chi connectivity index (χ4v) is 4.00. The van der Waals surface area contributed by atoms with Crippen molar-refractivity contribution in [2.24, 2.45) is 5.73 Å². The van der Waals surface area contributed by atoms with Crippen LogP contribution in [-0.2, 0) is 22.6 Å². The molecular formula is C20H20F2N4O2. The lowest BCUT2D eigenvalue weighted by molar-refractivity contribution is -0.135. The number of fused-ring (bicyclic) bond motifs is 2. The Bertz CT molecular complexity index is 950. The van der Waals surface area contributed by atoms with Gasteiger partial charge >= 0.3 is 0 Å². The number of carbonyl (C=O) groups is 2. The first-order valence-corrected chi connectivity index (χ1v) is 9.17. The van der Waals surface area contributed by atoms with E-state index < -0.39 is 17.7 Å². The highest BCUT2D eigenvalue weighted by molar-refractivity contribution is 5.96. The van der Waals surface area contributed by atoms with Gasteiger partial charge in [-0.05, 0) is 48.2 Å². The van der Waals surface area contributed by atoms with Crippen LogP contribution in [0.25, 0.3) is 0 Å². The molecule has 2 atom stereocenters. The lowest BCUT2D eigenvalue weighted by Gasteiger charge is -2.24. The molecule has 4 rings (SSSR count). The highest BCUT2D eigenvalue weighted by Crippen LogP contribution is 2.37. The second-order valence-corrected chi connectivity index (χ2v) is 7.27. The van der Waals surface area contributed by atoms with Crippen LogP contribution in [0, 0.1) is 11.6 Å². The minimum Gasteiger partial charge on any atom is -0.327 e. The average molecular weight is 386 g/mol. The van der Waals surface area contributed by atoms with Gasteiger partial charge in [0.25, 0.3) is 0 Å². The summed E-state index contributed by atoms with van der Waals surface area (Å²) >= 11 is 0. The normalized spacial score (nSPS) is 19.5. The summed E-state index contributed by atoms with van der Waals surface area (Å²) in [5.41, 5.74) is 8.88. The van der Waals surface area contributed by atoms with Crippen molar-refractivity contribution in [3.8, 4) is 0 Å². The Morgan fingerprint density at radius 3 is 2.93 bits per heavy atom. The molecule has 146 valence electrons. The Morgan fingerprint density at radius 2 is 2.11 bits per heavy atom. The van der Waals surface area contributed by atoms with Crippen LogP contribution in [0.1, 0.15) is 35.6 Å². The average Bonchev–Trinajstić information content (AvgIpc) is 2.96. The van der Waals surface area contributed by atoms with E-state index in [1.54, 1.807) is 18.3 Å². The number of benzene rings is 1. The molecule has 2 heterocycles. The van der Waals surface area contributed by atoms with E-state index in [-0.39, 0.29) is 37.2 Å². The van der Waals surface area contributed by atoms with Crippen LogP contribution in [0.5, 0.6) is 0 Å². The highest BCUT2D eigenvalue weighted by Gasteiger charge is 2.32. The van der Waals surface area contributed by atoms with Crippen LogP contribution in [-0.4, -0.2) is 34.3 Å². The molecule has 2 aliphatic rings. The van der Waals surface area contributed by atoms with E-state index in [2.05, 4.69) is 10.3 Å². The molecule has 1 aromatic heterocycles. The summed E-state index contributed by atoms with van der Waals surface area (Å²) in [7, 11) is 0. The molecule has 1 aromatic carbocycles. The third-order valence-electron chi connectivity index (χ3n) is 5.43. The van der Waals surface area contributed by atoms with Crippen molar-refractivity contribution in [1.82, 2.24) is 9.88 Å². The van der Waals surface area contributed by atoms with E-state index in [1.807, 2.05) is 0 Å². The van der Waals surface area contributed by atoms with Crippen molar-refractivity contribution in [2.45, 2.75) is 37.8 Å². The summed E-state index contributed by atoms with van der Waals surface area (Å²) in [4.78, 5) is 30.6. The molecule has 1 aliphatic carbocycles. The zero-order chi connectivity index (χ0) is 19.8. The molecule has 1 aliphatic heterocycles. The number of amides is 2. The van der Waals surface area contributed by atoms with Crippen LogP contribution < -0.4 is 11.1 Å². The second kappa shape index (κ2) is 7.27. The molecule has 0 spiro atoms. The quantitative estimate of drug-likeness (QED) is 0.846. The first-order chi connectivity index (χ1) is 13.4. The maximum absolute atomic E-state index is 13.7. The largest absolute Gasteiger partial charge is 0.327 e. The van der Waals surface area contributed by atoms with Crippen molar-refractivity contribution < 1.29 is 18.4 Å². The zero-order valence-electron chi connectivity index (χ0n) is 15.1. The molecule has 0 bridgehead atoms. The first kappa shape index (κ1) is 18.5. The molecule has 28 heavy (non-hydrogen) atoms. The number of aromatic nitrogens is 1. The summed E-state index contributed by atoms with van der Waals surface area (Å²) in [5.74, 6) is -2.56. The third-order valence-corrected chi connectivity index (χ3v) is 5.43. The number of pyridine rings is 1. The van der Waals surface area contributed by atoms with Gasteiger partial charge in [-0.3, -0.25) is 14.6 Å². The number of nitrogens with two attached hydrogens (primary N) is 1. The summed E-state index contributed by atoms with van der Waals surface area (Å²) in [6, 6.07) is 5.30. The SMILES string of the molecule is N[C@@H](CC(=O)N1CC(=O)Nc2cccnc2C1)[C@H]1CCc2cc(F)c(F)cc21. The predicted octanol–water partition coefficient (Wildman–Crippen LogP) is 2.09. The van der Waals surface area contributed by atoms with Crippen LogP contribution >= 0.6 is 0 Å². The number of halogens is 2. The van der Waals surface area contributed by atoms with E-state index in [1.165, 1.54) is 17.0 Å². The van der Waals surface area contributed by atoms with E-state index in [9.17, 15) is 18.4 Å². The van der Waals surface area contributed by atoms with Gasteiger partial charge in [0, 0.05) is 24.6 Å². The molecule has 0 fully saturated rings. The Labute approximate surface area is 160 Å². The van der Waals surface area contributed by atoms with E-state index in [0.717, 1.165) is 5.56 Å². The minimum absolute atomic E-state index is 0.0124. The van der Waals surface area contributed by atoms with Crippen molar-refractivity contribution in [3.63, 3.8) is 0 Å². The molecule has 2 aromatic rings. The number of hydrogen-bond acceptors (Lipinski definition) is 4. The summed E-state index contributed by atoms with van der Waals surface area (Å²) < 4.78 is 27.1. The van der Waals surface area contributed by atoms with Crippen molar-refractivity contribution in [3.05, 3.63) is 58.9 Å². The van der Waals surface area contributed by atoms with Crippen molar-refractivity contribution >= 4 is 17.5 Å². The number of anilines is 1. The number of aryl methyl sites for hydroxylation is 1. The van der Waals surface area contributed by atoms with Crippen molar-refractivity contribution in [1.29, 1.82) is 0 Å². The number of nitrogens with one attached hydrogen (secondary N) is 1. The van der Waals surface area contributed by atoms with Gasteiger partial charge in [-0.25, -0.2) is 8.78 Å². The van der Waals surface area contributed by atoms with Crippen LogP contribution in [0.2, 0.25) is 0 Å². The Kier molecular flexibility index (Phi) is 4.80. The van der Waals surface area contributed by atoms with Crippen LogP contribution in [0.3, 0.4) is 0 Å². The van der Waals surface area contributed by atoms with E-state index >= 15 is 0 Å². The standard InChI is InChI=1S/C20H20F2N4O2/c21-14-6-11-3-4-12(13(11)7-15(14)22)16(23)8-20(28)26-9-18-17(2-1-5-24-18)25-19(27)10-26/h1-2,5-7,12,16H,3-4,8-10,23H2,(H,25,27)/t12-,16-/m0/s1. The fraction of sp³-hybridized carbons (Fsp3) is 0.350. The van der Waals surface area contributed by atoms with Gasteiger partial charge in [0.2, 0.25) is 11.8 Å². The van der Waals surface area contributed by atoms with E-state index in [4.69, 9.17) is 5.73 Å². The van der Waals surface area contributed by atoms with Gasteiger partial charge in [0.15, 0.2) is 11.6 Å². The molecule has 0 saturated carbocycles. The number of hydrogen-bond donors (Lipinski definition) is 2. The van der Waals surface area contributed by atoms with E-state index in [0.29, 0.717) is 29.8 Å². The number of nitrogens with zero attached hydrogens (tertiary/aromatic N) is 2. The summed E-state index contributed by atoms with van der Waals surface area (Å²) in [6.07, 6.45) is 2.85. The number of rotatable bonds is 3. The molecule has 6 nitrogen and oxygen atoms in total. The van der Waals surface area contributed by atoms with Crippen LogP contribution in [0.15, 0.2) is 30.5 Å². The van der Waals surface area contributed by atoms with Gasteiger partial charge in [-0.15, -0.1) is 0 Å². The number of carbonyl (C=O) groups excluding carboxylic acids is 2. The highest BCUT2D eigenvalue weighted by atomic mass is 19.2. The van der Waals surface area contributed by atoms with Crippen molar-refractivity contribution in [2.75, 3.05) is 11.9 Å². The predicted molar refractivity (Wildman–Crippen MR) is 98.3 cm³/mol. The molecule has 8 heteroatoms. The lowest BCUT2D eigenvalue weighted by atomic mass is 9.91. The minimum atomic E-state index is -0.906. The molecule has 0 radical (unpaired) electrons. The van der Waals surface area contributed by atoms with Gasteiger partial charge < -0.3 is 16.0 Å².